The lowest BCUT2D eigenvalue weighted by molar-refractivity contribution is 0.0526. The highest BCUT2D eigenvalue weighted by molar-refractivity contribution is 6.05. The molecule has 25 heavy (non-hydrogen) atoms. The van der Waals surface area contributed by atoms with E-state index in [1.807, 2.05) is 0 Å². The van der Waals surface area contributed by atoms with Crippen molar-refractivity contribution in [1.82, 2.24) is 0 Å². The van der Waals surface area contributed by atoms with E-state index in [1.54, 1.807) is 69.5 Å². The summed E-state index contributed by atoms with van der Waals surface area (Å²) in [6.07, 6.45) is 1.53. The molecule has 5 nitrogen and oxygen atoms in total. The number of methoxy groups -OCH3 is 1. The van der Waals surface area contributed by atoms with E-state index >= 15 is 0 Å². The van der Waals surface area contributed by atoms with Crippen molar-refractivity contribution in [3.63, 3.8) is 0 Å². The van der Waals surface area contributed by atoms with Gasteiger partial charge in [-0.2, -0.15) is 0 Å². The second-order valence-electron chi connectivity index (χ2n) is 5.34. The number of anilines is 1. The number of carbonyl (C=O) groups is 2. The number of allylic oxidation sites excluding steroid dienone is 2. The Morgan fingerprint density at radius 2 is 1.60 bits per heavy atom. The molecule has 0 radical (unpaired) electrons. The quantitative estimate of drug-likeness (QED) is 0.468. The lowest BCUT2D eigenvalue weighted by atomic mass is 10.1. The molecule has 0 saturated carbocycles. The van der Waals surface area contributed by atoms with Crippen LogP contribution < -0.4 is 10.1 Å². The van der Waals surface area contributed by atoms with E-state index < -0.39 is 0 Å². The van der Waals surface area contributed by atoms with Gasteiger partial charge in [-0.3, -0.25) is 4.79 Å². The van der Waals surface area contributed by atoms with Crippen LogP contribution >= 0.6 is 0 Å². The first-order valence-electron chi connectivity index (χ1n) is 7.94. The zero-order valence-corrected chi connectivity index (χ0v) is 14.5. The molecule has 2 aromatic rings. The minimum absolute atomic E-state index is 0.101. The van der Waals surface area contributed by atoms with E-state index in [9.17, 15) is 9.59 Å². The second-order valence-corrected chi connectivity index (χ2v) is 5.34. The van der Waals surface area contributed by atoms with E-state index in [-0.39, 0.29) is 11.8 Å². The minimum Gasteiger partial charge on any atom is -0.497 e. The average Bonchev–Trinajstić information content (AvgIpc) is 2.62. The van der Waals surface area contributed by atoms with Gasteiger partial charge in [-0.15, -0.1) is 0 Å². The van der Waals surface area contributed by atoms with Crippen molar-refractivity contribution in [2.45, 2.75) is 13.8 Å². The van der Waals surface area contributed by atoms with Crippen molar-refractivity contribution in [2.24, 2.45) is 0 Å². The summed E-state index contributed by atoms with van der Waals surface area (Å²) in [5.74, 6) is 0.254. The van der Waals surface area contributed by atoms with Gasteiger partial charge in [0.15, 0.2) is 5.78 Å². The summed E-state index contributed by atoms with van der Waals surface area (Å²) >= 11 is 0. The Bertz CT molecular complexity index is 761. The van der Waals surface area contributed by atoms with Gasteiger partial charge in [-0.1, -0.05) is 0 Å². The first-order valence-corrected chi connectivity index (χ1v) is 7.94. The lowest BCUT2D eigenvalue weighted by Gasteiger charge is -2.08. The largest absolute Gasteiger partial charge is 0.497 e. The molecule has 0 spiro atoms. The van der Waals surface area contributed by atoms with Gasteiger partial charge in [0, 0.05) is 23.0 Å². The lowest BCUT2D eigenvalue weighted by Crippen LogP contribution is -2.05. The number of esters is 1. The van der Waals surface area contributed by atoms with Crippen LogP contribution in [0.2, 0.25) is 0 Å². The van der Waals surface area contributed by atoms with Crippen molar-refractivity contribution in [3.05, 3.63) is 71.4 Å². The topological polar surface area (TPSA) is 64.6 Å². The summed E-state index contributed by atoms with van der Waals surface area (Å²) in [5.41, 5.74) is 2.55. The molecule has 5 heteroatoms. The molecule has 2 rings (SSSR count). The van der Waals surface area contributed by atoms with Crippen molar-refractivity contribution in [2.75, 3.05) is 19.0 Å². The van der Waals surface area contributed by atoms with E-state index in [1.165, 1.54) is 6.08 Å². The van der Waals surface area contributed by atoms with E-state index in [2.05, 4.69) is 5.32 Å². The Morgan fingerprint density at radius 3 is 2.16 bits per heavy atom. The molecular weight excluding hydrogens is 318 g/mol. The monoisotopic (exact) mass is 339 g/mol. The number of rotatable bonds is 7. The van der Waals surface area contributed by atoms with Gasteiger partial charge in [0.1, 0.15) is 5.75 Å². The molecule has 0 aliphatic carbocycles. The van der Waals surface area contributed by atoms with Crippen LogP contribution in [-0.2, 0) is 4.74 Å². The van der Waals surface area contributed by atoms with Crippen molar-refractivity contribution >= 4 is 17.4 Å². The van der Waals surface area contributed by atoms with Gasteiger partial charge in [0.05, 0.1) is 19.3 Å². The van der Waals surface area contributed by atoms with E-state index in [0.29, 0.717) is 29.2 Å². The summed E-state index contributed by atoms with van der Waals surface area (Å²) in [5, 5.41) is 3.13. The van der Waals surface area contributed by atoms with Gasteiger partial charge < -0.3 is 14.8 Å². The number of ether oxygens (including phenoxy) is 2. The molecule has 0 saturated heterocycles. The zero-order chi connectivity index (χ0) is 18.2. The summed E-state index contributed by atoms with van der Waals surface area (Å²) in [6, 6.07) is 13.8. The fourth-order valence-electron chi connectivity index (χ4n) is 2.20. The SMILES string of the molecule is CCOC(=O)c1ccc(N/C(C)=C/C(=O)c2ccc(OC)cc2)cc1. The summed E-state index contributed by atoms with van der Waals surface area (Å²) in [7, 11) is 1.58. The van der Waals surface area contributed by atoms with Gasteiger partial charge in [-0.25, -0.2) is 4.79 Å². The third kappa shape index (κ3) is 5.21. The number of benzene rings is 2. The molecule has 0 atom stereocenters. The molecule has 1 N–H and O–H groups in total. The molecular formula is C20H21NO4. The van der Waals surface area contributed by atoms with Crippen LogP contribution in [0.5, 0.6) is 5.75 Å². The maximum Gasteiger partial charge on any atom is 0.338 e. The van der Waals surface area contributed by atoms with Crippen LogP contribution in [0.3, 0.4) is 0 Å². The standard InChI is InChI=1S/C20H21NO4/c1-4-25-20(23)16-5-9-17(10-6-16)21-14(2)13-19(22)15-7-11-18(24-3)12-8-15/h5-13,21H,4H2,1-3H3/b14-13+. The van der Waals surface area contributed by atoms with Crippen molar-refractivity contribution in [3.8, 4) is 5.75 Å². The summed E-state index contributed by atoms with van der Waals surface area (Å²) in [4.78, 5) is 23.9. The minimum atomic E-state index is -0.351. The summed E-state index contributed by atoms with van der Waals surface area (Å²) < 4.78 is 10.0. The van der Waals surface area contributed by atoms with Gasteiger partial charge in [0.25, 0.3) is 0 Å². The van der Waals surface area contributed by atoms with Crippen LogP contribution in [0.1, 0.15) is 34.6 Å². The Labute approximate surface area is 147 Å². The number of ketones is 1. The van der Waals surface area contributed by atoms with Crippen molar-refractivity contribution in [1.29, 1.82) is 0 Å². The third-order valence-electron chi connectivity index (χ3n) is 3.46. The Balaban J connectivity index is 2.02. The molecule has 0 fully saturated rings. The maximum atomic E-state index is 12.2. The molecule has 0 heterocycles. The molecule has 0 amide bonds. The number of hydrogen-bond donors (Lipinski definition) is 1. The predicted octanol–water partition coefficient (Wildman–Crippen LogP) is 4.07. The molecule has 130 valence electrons. The first kappa shape index (κ1) is 18.3. The average molecular weight is 339 g/mol. The fraction of sp³-hybridized carbons (Fsp3) is 0.200. The number of carbonyl (C=O) groups excluding carboxylic acids is 2. The molecule has 0 aliphatic rings. The van der Waals surface area contributed by atoms with Crippen LogP contribution in [0.25, 0.3) is 0 Å². The first-order chi connectivity index (χ1) is 12.0. The van der Waals surface area contributed by atoms with Crippen LogP contribution in [0.15, 0.2) is 60.3 Å². The van der Waals surface area contributed by atoms with Gasteiger partial charge in [-0.05, 0) is 62.4 Å². The van der Waals surface area contributed by atoms with Crippen LogP contribution in [0.4, 0.5) is 5.69 Å². The summed E-state index contributed by atoms with van der Waals surface area (Å²) in [6.45, 7) is 3.91. The van der Waals surface area contributed by atoms with E-state index in [4.69, 9.17) is 9.47 Å². The fourth-order valence-corrected chi connectivity index (χ4v) is 2.20. The highest BCUT2D eigenvalue weighted by Gasteiger charge is 2.07. The Hall–Kier alpha value is -3.08. The highest BCUT2D eigenvalue weighted by atomic mass is 16.5. The maximum absolute atomic E-state index is 12.2. The molecule has 0 aliphatic heterocycles. The smallest absolute Gasteiger partial charge is 0.338 e. The molecule has 0 bridgehead atoms. The van der Waals surface area contributed by atoms with Crippen molar-refractivity contribution < 1.29 is 19.1 Å². The zero-order valence-electron chi connectivity index (χ0n) is 14.5. The normalized spacial score (nSPS) is 10.9. The van der Waals surface area contributed by atoms with Crippen LogP contribution in [0, 0.1) is 0 Å². The van der Waals surface area contributed by atoms with E-state index in [0.717, 1.165) is 5.69 Å². The molecule has 2 aromatic carbocycles. The highest BCUT2D eigenvalue weighted by Crippen LogP contribution is 2.15. The van der Waals surface area contributed by atoms with Crippen LogP contribution in [-0.4, -0.2) is 25.5 Å². The Morgan fingerprint density at radius 1 is 1.00 bits per heavy atom. The second kappa shape index (κ2) is 8.68. The Kier molecular flexibility index (Phi) is 6.34. The van der Waals surface area contributed by atoms with Gasteiger partial charge >= 0.3 is 5.97 Å². The third-order valence-corrected chi connectivity index (χ3v) is 3.46. The molecule has 0 aromatic heterocycles. The number of nitrogens with one attached hydrogen (secondary N) is 1. The number of hydrogen-bond acceptors (Lipinski definition) is 5. The molecule has 0 unspecified atom stereocenters. The van der Waals surface area contributed by atoms with Gasteiger partial charge in [0.2, 0.25) is 0 Å². The predicted molar refractivity (Wildman–Crippen MR) is 97.1 cm³/mol.